The first-order chi connectivity index (χ1) is 10.5. The predicted molar refractivity (Wildman–Crippen MR) is 81.9 cm³/mol. The number of hydrogen-bond acceptors (Lipinski definition) is 4. The van der Waals surface area contributed by atoms with Crippen LogP contribution < -0.4 is 4.72 Å². The summed E-state index contributed by atoms with van der Waals surface area (Å²) in [5.41, 5.74) is 0.856. The number of hydrogen-bond donors (Lipinski definition) is 1. The van der Waals surface area contributed by atoms with Crippen molar-refractivity contribution in [1.82, 2.24) is 4.72 Å². The minimum atomic E-state index is -3.71. The van der Waals surface area contributed by atoms with Crippen molar-refractivity contribution in [2.75, 3.05) is 0 Å². The number of benzene rings is 2. The number of sulfonamides is 1. The molecule has 2 aromatic carbocycles. The lowest BCUT2D eigenvalue weighted by molar-refractivity contribution is -0.384. The van der Waals surface area contributed by atoms with Crippen molar-refractivity contribution < 1.29 is 13.3 Å². The molecule has 114 valence electrons. The Morgan fingerprint density at radius 2 is 1.77 bits per heavy atom. The van der Waals surface area contributed by atoms with Crippen LogP contribution in [0.25, 0.3) is 11.1 Å². The monoisotopic (exact) mass is 318 g/mol. The molecule has 0 heterocycles. The van der Waals surface area contributed by atoms with Gasteiger partial charge >= 0.3 is 0 Å². The van der Waals surface area contributed by atoms with E-state index in [9.17, 15) is 18.5 Å². The summed E-state index contributed by atoms with van der Waals surface area (Å²) in [7, 11) is -3.71. The summed E-state index contributed by atoms with van der Waals surface area (Å²) in [5, 5.41) is 11.3. The number of nitro benzene ring substituents is 1. The number of nitro groups is 1. The van der Waals surface area contributed by atoms with Gasteiger partial charge in [-0.1, -0.05) is 30.3 Å². The zero-order valence-electron chi connectivity index (χ0n) is 11.6. The van der Waals surface area contributed by atoms with Crippen molar-refractivity contribution >= 4 is 15.7 Å². The molecule has 0 atom stereocenters. The summed E-state index contributed by atoms with van der Waals surface area (Å²) >= 11 is 0. The van der Waals surface area contributed by atoms with Crippen LogP contribution in [0.4, 0.5) is 5.69 Å². The highest BCUT2D eigenvalue weighted by molar-refractivity contribution is 7.89. The molecule has 7 heteroatoms. The van der Waals surface area contributed by atoms with Gasteiger partial charge in [0.25, 0.3) is 5.69 Å². The van der Waals surface area contributed by atoms with Gasteiger partial charge in [-0.05, 0) is 30.5 Å². The zero-order chi connectivity index (χ0) is 15.7. The van der Waals surface area contributed by atoms with Crippen LogP contribution in [0.1, 0.15) is 12.8 Å². The van der Waals surface area contributed by atoms with Gasteiger partial charge in [0.05, 0.1) is 15.4 Å². The summed E-state index contributed by atoms with van der Waals surface area (Å²) in [6.45, 7) is 0. The lowest BCUT2D eigenvalue weighted by Gasteiger charge is -2.08. The molecule has 1 aliphatic rings. The second-order valence-corrected chi connectivity index (χ2v) is 6.91. The van der Waals surface area contributed by atoms with Gasteiger partial charge in [0, 0.05) is 12.1 Å². The van der Waals surface area contributed by atoms with Crippen molar-refractivity contribution in [3.8, 4) is 11.1 Å². The SMILES string of the molecule is O=[N+]([O-])c1cc(S(=O)(=O)NC2CC2)ccc1-c1ccccc1. The van der Waals surface area contributed by atoms with Gasteiger partial charge in [0.2, 0.25) is 10.0 Å². The highest BCUT2D eigenvalue weighted by Crippen LogP contribution is 2.32. The Bertz CT molecular complexity index is 815. The fourth-order valence-electron chi connectivity index (χ4n) is 2.18. The van der Waals surface area contributed by atoms with E-state index in [1.165, 1.54) is 12.1 Å². The van der Waals surface area contributed by atoms with E-state index in [-0.39, 0.29) is 16.6 Å². The molecular weight excluding hydrogens is 304 g/mol. The average Bonchev–Trinajstić information content (AvgIpc) is 3.30. The second-order valence-electron chi connectivity index (χ2n) is 5.20. The maximum absolute atomic E-state index is 12.2. The van der Waals surface area contributed by atoms with E-state index in [2.05, 4.69) is 4.72 Å². The third-order valence-corrected chi connectivity index (χ3v) is 4.98. The first kappa shape index (κ1) is 14.7. The Labute approximate surface area is 128 Å². The lowest BCUT2D eigenvalue weighted by atomic mass is 10.0. The summed E-state index contributed by atoms with van der Waals surface area (Å²) < 4.78 is 26.9. The molecule has 3 rings (SSSR count). The molecule has 1 fully saturated rings. The highest BCUT2D eigenvalue weighted by atomic mass is 32.2. The Hall–Kier alpha value is -2.25. The topological polar surface area (TPSA) is 89.3 Å². The minimum absolute atomic E-state index is 0.0437. The quantitative estimate of drug-likeness (QED) is 0.678. The van der Waals surface area contributed by atoms with Gasteiger partial charge in [-0.25, -0.2) is 13.1 Å². The largest absolute Gasteiger partial charge is 0.278 e. The van der Waals surface area contributed by atoms with Crippen molar-refractivity contribution in [1.29, 1.82) is 0 Å². The maximum Gasteiger partial charge on any atom is 0.278 e. The van der Waals surface area contributed by atoms with Gasteiger partial charge in [0.1, 0.15) is 0 Å². The van der Waals surface area contributed by atoms with Crippen molar-refractivity contribution in [2.45, 2.75) is 23.8 Å². The average molecular weight is 318 g/mol. The van der Waals surface area contributed by atoms with Crippen LogP contribution in [0.2, 0.25) is 0 Å². The van der Waals surface area contributed by atoms with E-state index in [4.69, 9.17) is 0 Å². The minimum Gasteiger partial charge on any atom is -0.258 e. The van der Waals surface area contributed by atoms with Crippen molar-refractivity contribution in [2.24, 2.45) is 0 Å². The molecule has 0 bridgehead atoms. The molecule has 0 radical (unpaired) electrons. The maximum atomic E-state index is 12.2. The van der Waals surface area contributed by atoms with Crippen LogP contribution >= 0.6 is 0 Å². The second kappa shape index (κ2) is 5.51. The Morgan fingerprint density at radius 3 is 2.36 bits per heavy atom. The fourth-order valence-corrected chi connectivity index (χ4v) is 3.50. The zero-order valence-corrected chi connectivity index (χ0v) is 12.4. The van der Waals surface area contributed by atoms with Crippen LogP contribution in [0.15, 0.2) is 53.4 Å². The predicted octanol–water partition coefficient (Wildman–Crippen LogP) is 2.70. The van der Waals surface area contributed by atoms with Crippen LogP contribution in [0.3, 0.4) is 0 Å². The van der Waals surface area contributed by atoms with Gasteiger partial charge in [-0.3, -0.25) is 10.1 Å². The number of nitrogens with one attached hydrogen (secondary N) is 1. The van der Waals surface area contributed by atoms with Gasteiger partial charge in [0.15, 0.2) is 0 Å². The smallest absolute Gasteiger partial charge is 0.258 e. The van der Waals surface area contributed by atoms with E-state index in [1.807, 2.05) is 6.07 Å². The highest BCUT2D eigenvalue weighted by Gasteiger charge is 2.29. The molecule has 1 saturated carbocycles. The Morgan fingerprint density at radius 1 is 1.09 bits per heavy atom. The third kappa shape index (κ3) is 3.00. The first-order valence-electron chi connectivity index (χ1n) is 6.83. The Kier molecular flexibility index (Phi) is 3.67. The van der Waals surface area contributed by atoms with E-state index in [1.54, 1.807) is 24.3 Å². The van der Waals surface area contributed by atoms with E-state index < -0.39 is 14.9 Å². The van der Waals surface area contributed by atoms with Crippen molar-refractivity contribution in [3.63, 3.8) is 0 Å². The Balaban J connectivity index is 2.06. The molecular formula is C15H14N2O4S. The number of rotatable bonds is 5. The molecule has 1 N–H and O–H groups in total. The normalized spacial score (nSPS) is 14.7. The first-order valence-corrected chi connectivity index (χ1v) is 8.32. The van der Waals surface area contributed by atoms with Crippen LogP contribution in [0, 0.1) is 10.1 Å². The molecule has 0 aliphatic heterocycles. The van der Waals surface area contributed by atoms with Crippen LogP contribution in [0.5, 0.6) is 0 Å². The van der Waals surface area contributed by atoms with E-state index >= 15 is 0 Å². The molecule has 0 spiro atoms. The molecule has 22 heavy (non-hydrogen) atoms. The standard InChI is InChI=1S/C15H14N2O4S/c18-17(19)15-10-13(22(20,21)16-12-6-7-12)8-9-14(15)11-4-2-1-3-5-11/h1-5,8-10,12,16H,6-7H2. The van der Waals surface area contributed by atoms with E-state index in [0.717, 1.165) is 18.9 Å². The summed E-state index contributed by atoms with van der Waals surface area (Å²) in [6, 6.07) is 12.8. The fraction of sp³-hybridized carbons (Fsp3) is 0.200. The van der Waals surface area contributed by atoms with E-state index in [0.29, 0.717) is 11.1 Å². The van der Waals surface area contributed by atoms with Crippen molar-refractivity contribution in [3.05, 3.63) is 58.6 Å². The lowest BCUT2D eigenvalue weighted by Crippen LogP contribution is -2.25. The molecule has 0 saturated heterocycles. The van der Waals surface area contributed by atoms with Gasteiger partial charge in [-0.15, -0.1) is 0 Å². The molecule has 0 aromatic heterocycles. The molecule has 6 nitrogen and oxygen atoms in total. The molecule has 0 unspecified atom stereocenters. The molecule has 1 aliphatic carbocycles. The number of nitrogens with zero attached hydrogens (tertiary/aromatic N) is 1. The van der Waals surface area contributed by atoms with Gasteiger partial charge < -0.3 is 0 Å². The van der Waals surface area contributed by atoms with Crippen LogP contribution in [-0.4, -0.2) is 19.4 Å². The van der Waals surface area contributed by atoms with Crippen LogP contribution in [-0.2, 0) is 10.0 Å². The van der Waals surface area contributed by atoms with Gasteiger partial charge in [-0.2, -0.15) is 0 Å². The molecule has 0 amide bonds. The summed E-state index contributed by atoms with van der Waals surface area (Å²) in [5.74, 6) is 0. The summed E-state index contributed by atoms with van der Waals surface area (Å²) in [6.07, 6.45) is 1.62. The molecule has 2 aromatic rings. The summed E-state index contributed by atoms with van der Waals surface area (Å²) in [4.78, 5) is 10.7. The third-order valence-electron chi connectivity index (χ3n) is 3.46.